The summed E-state index contributed by atoms with van der Waals surface area (Å²) in [6.45, 7) is 1.70. The van der Waals surface area contributed by atoms with Crippen molar-refractivity contribution >= 4 is 0 Å². The SMILES string of the molecule is OC(CN1CCN(CC(F)F)CC1)c1c(F)cccc1F. The fourth-order valence-corrected chi connectivity index (χ4v) is 2.51. The second-order valence-electron chi connectivity index (χ2n) is 5.14. The first kappa shape index (κ1) is 16.2. The summed E-state index contributed by atoms with van der Waals surface area (Å²) in [6.07, 6.45) is -3.64. The molecule has 1 heterocycles. The molecular formula is C14H18F4N2O. The molecule has 1 aliphatic heterocycles. The summed E-state index contributed by atoms with van der Waals surface area (Å²) in [7, 11) is 0. The van der Waals surface area contributed by atoms with Gasteiger partial charge >= 0.3 is 0 Å². The molecule has 1 aliphatic rings. The van der Waals surface area contributed by atoms with Crippen LogP contribution in [-0.4, -0.2) is 60.6 Å². The van der Waals surface area contributed by atoms with Gasteiger partial charge in [-0.3, -0.25) is 9.80 Å². The van der Waals surface area contributed by atoms with E-state index in [-0.39, 0.29) is 18.7 Å². The van der Waals surface area contributed by atoms with Gasteiger partial charge in [-0.15, -0.1) is 0 Å². The first-order valence-electron chi connectivity index (χ1n) is 6.82. The number of alkyl halides is 2. The normalized spacial score (nSPS) is 19.1. The van der Waals surface area contributed by atoms with E-state index in [4.69, 9.17) is 0 Å². The molecule has 0 aromatic heterocycles. The maximum atomic E-state index is 13.6. The van der Waals surface area contributed by atoms with Gasteiger partial charge in [0.15, 0.2) is 0 Å². The number of rotatable bonds is 5. The molecule has 1 unspecified atom stereocenters. The average molecular weight is 306 g/mol. The van der Waals surface area contributed by atoms with Crippen molar-refractivity contribution < 1.29 is 22.7 Å². The number of aliphatic hydroxyl groups is 1. The third-order valence-electron chi connectivity index (χ3n) is 3.63. The van der Waals surface area contributed by atoms with Crippen molar-refractivity contribution in [2.45, 2.75) is 12.5 Å². The van der Waals surface area contributed by atoms with Crippen LogP contribution in [0.3, 0.4) is 0 Å². The van der Waals surface area contributed by atoms with Crippen molar-refractivity contribution in [1.82, 2.24) is 9.80 Å². The lowest BCUT2D eigenvalue weighted by molar-refractivity contribution is 0.0371. The van der Waals surface area contributed by atoms with Crippen molar-refractivity contribution in [1.29, 1.82) is 0 Å². The standard InChI is InChI=1S/C14H18F4N2O/c15-10-2-1-3-11(16)14(10)12(21)8-19-4-6-20(7-5-19)9-13(17)18/h1-3,12-13,21H,4-9H2. The van der Waals surface area contributed by atoms with Crippen molar-refractivity contribution in [2.24, 2.45) is 0 Å². The first-order valence-corrected chi connectivity index (χ1v) is 6.82. The number of piperazine rings is 1. The van der Waals surface area contributed by atoms with Gasteiger partial charge in [-0.2, -0.15) is 0 Å². The van der Waals surface area contributed by atoms with Crippen LogP contribution < -0.4 is 0 Å². The number of halogens is 4. The highest BCUT2D eigenvalue weighted by Crippen LogP contribution is 2.22. The van der Waals surface area contributed by atoms with E-state index in [0.29, 0.717) is 26.2 Å². The average Bonchev–Trinajstić information content (AvgIpc) is 2.40. The number of hydrogen-bond donors (Lipinski definition) is 1. The monoisotopic (exact) mass is 306 g/mol. The number of nitrogens with zero attached hydrogens (tertiary/aromatic N) is 2. The second-order valence-corrected chi connectivity index (χ2v) is 5.14. The van der Waals surface area contributed by atoms with Crippen LogP contribution in [0.25, 0.3) is 0 Å². The Balaban J connectivity index is 1.88. The summed E-state index contributed by atoms with van der Waals surface area (Å²) in [5.41, 5.74) is -0.340. The number of aliphatic hydroxyl groups excluding tert-OH is 1. The molecule has 0 aliphatic carbocycles. The fourth-order valence-electron chi connectivity index (χ4n) is 2.51. The molecule has 1 atom stereocenters. The van der Waals surface area contributed by atoms with Crippen LogP contribution in [0, 0.1) is 11.6 Å². The molecule has 0 amide bonds. The van der Waals surface area contributed by atoms with Gasteiger partial charge in [-0.05, 0) is 12.1 Å². The van der Waals surface area contributed by atoms with E-state index >= 15 is 0 Å². The first-order chi connectivity index (χ1) is 9.97. The lowest BCUT2D eigenvalue weighted by Gasteiger charge is -2.35. The maximum Gasteiger partial charge on any atom is 0.251 e. The molecule has 3 nitrogen and oxygen atoms in total. The molecule has 7 heteroatoms. The molecule has 1 aromatic carbocycles. The van der Waals surface area contributed by atoms with Gasteiger partial charge in [0.05, 0.1) is 18.2 Å². The Morgan fingerprint density at radius 3 is 1.90 bits per heavy atom. The molecule has 1 fully saturated rings. The summed E-state index contributed by atoms with van der Waals surface area (Å²) in [6, 6.07) is 3.44. The lowest BCUT2D eigenvalue weighted by Crippen LogP contribution is -2.48. The molecule has 1 aromatic rings. The Morgan fingerprint density at radius 1 is 0.952 bits per heavy atom. The quantitative estimate of drug-likeness (QED) is 0.842. The molecular weight excluding hydrogens is 288 g/mol. The molecule has 118 valence electrons. The summed E-state index contributed by atoms with van der Waals surface area (Å²) < 4.78 is 51.6. The van der Waals surface area contributed by atoms with Crippen LogP contribution in [-0.2, 0) is 0 Å². The number of benzene rings is 1. The zero-order valence-electron chi connectivity index (χ0n) is 11.5. The molecule has 1 saturated heterocycles. The molecule has 2 rings (SSSR count). The highest BCUT2D eigenvalue weighted by atomic mass is 19.3. The second kappa shape index (κ2) is 7.20. The zero-order chi connectivity index (χ0) is 15.4. The topological polar surface area (TPSA) is 26.7 Å². The summed E-state index contributed by atoms with van der Waals surface area (Å²) >= 11 is 0. The van der Waals surface area contributed by atoms with Crippen LogP contribution in [0.1, 0.15) is 11.7 Å². The van der Waals surface area contributed by atoms with Crippen LogP contribution in [0.2, 0.25) is 0 Å². The molecule has 21 heavy (non-hydrogen) atoms. The van der Waals surface area contributed by atoms with Crippen molar-refractivity contribution in [3.63, 3.8) is 0 Å². The van der Waals surface area contributed by atoms with E-state index in [1.165, 1.54) is 6.07 Å². The Labute approximate surface area is 120 Å². The smallest absolute Gasteiger partial charge is 0.251 e. The van der Waals surface area contributed by atoms with Gasteiger partial charge in [-0.1, -0.05) is 6.07 Å². The van der Waals surface area contributed by atoms with Gasteiger partial charge in [0.2, 0.25) is 0 Å². The summed E-state index contributed by atoms with van der Waals surface area (Å²) in [5.74, 6) is -1.56. The molecule has 0 radical (unpaired) electrons. The summed E-state index contributed by atoms with van der Waals surface area (Å²) in [5, 5.41) is 9.99. The van der Waals surface area contributed by atoms with Crippen LogP contribution in [0.15, 0.2) is 18.2 Å². The fraction of sp³-hybridized carbons (Fsp3) is 0.571. The minimum atomic E-state index is -2.37. The predicted octanol–water partition coefficient (Wildman–Crippen LogP) is 1.88. The molecule has 1 N–H and O–H groups in total. The van der Waals surface area contributed by atoms with Crippen LogP contribution in [0.4, 0.5) is 17.6 Å². The Bertz CT molecular complexity index is 444. The predicted molar refractivity (Wildman–Crippen MR) is 70.2 cm³/mol. The lowest BCUT2D eigenvalue weighted by atomic mass is 10.1. The Morgan fingerprint density at radius 2 is 1.43 bits per heavy atom. The highest BCUT2D eigenvalue weighted by Gasteiger charge is 2.24. The van der Waals surface area contributed by atoms with Crippen molar-refractivity contribution in [2.75, 3.05) is 39.3 Å². The largest absolute Gasteiger partial charge is 0.387 e. The van der Waals surface area contributed by atoms with Crippen molar-refractivity contribution in [3.05, 3.63) is 35.4 Å². The Kier molecular flexibility index (Phi) is 5.55. The van der Waals surface area contributed by atoms with E-state index in [1.54, 1.807) is 4.90 Å². The minimum Gasteiger partial charge on any atom is -0.387 e. The van der Waals surface area contributed by atoms with Crippen LogP contribution >= 0.6 is 0 Å². The minimum absolute atomic E-state index is 0.0837. The molecule has 0 saturated carbocycles. The van der Waals surface area contributed by atoms with Gasteiger partial charge in [-0.25, -0.2) is 17.6 Å². The highest BCUT2D eigenvalue weighted by molar-refractivity contribution is 5.22. The third kappa shape index (κ3) is 4.39. The van der Waals surface area contributed by atoms with Crippen LogP contribution in [0.5, 0.6) is 0 Å². The van der Waals surface area contributed by atoms with Crippen molar-refractivity contribution in [3.8, 4) is 0 Å². The van der Waals surface area contributed by atoms with E-state index in [2.05, 4.69) is 0 Å². The molecule has 0 spiro atoms. The zero-order valence-corrected chi connectivity index (χ0v) is 11.5. The molecule has 0 bridgehead atoms. The third-order valence-corrected chi connectivity index (χ3v) is 3.63. The van der Waals surface area contributed by atoms with E-state index in [0.717, 1.165) is 12.1 Å². The van der Waals surface area contributed by atoms with Gasteiger partial charge in [0.25, 0.3) is 6.43 Å². The maximum absolute atomic E-state index is 13.6. The number of β-amino-alcohol motifs (C(OH)–C–C–N with tert-alkyl or cyclic N) is 1. The van der Waals surface area contributed by atoms with Gasteiger partial charge in [0.1, 0.15) is 11.6 Å². The van der Waals surface area contributed by atoms with Gasteiger partial charge < -0.3 is 5.11 Å². The van der Waals surface area contributed by atoms with E-state index in [1.807, 2.05) is 4.90 Å². The van der Waals surface area contributed by atoms with E-state index in [9.17, 15) is 22.7 Å². The Hall–Kier alpha value is -1.18. The van der Waals surface area contributed by atoms with E-state index < -0.39 is 24.2 Å². The number of hydrogen-bond acceptors (Lipinski definition) is 3. The summed E-state index contributed by atoms with van der Waals surface area (Å²) in [4.78, 5) is 3.45. The van der Waals surface area contributed by atoms with Gasteiger partial charge in [0, 0.05) is 32.7 Å².